The number of furan rings is 1. The highest BCUT2D eigenvalue weighted by Crippen LogP contribution is 2.19. The fraction of sp³-hybridized carbons (Fsp3) is 0.267. The molecule has 6 nitrogen and oxygen atoms in total. The number of esters is 1. The van der Waals surface area contributed by atoms with Crippen LogP contribution in [0.4, 0.5) is 0 Å². The highest BCUT2D eigenvalue weighted by atomic mass is 16.5. The van der Waals surface area contributed by atoms with Crippen LogP contribution in [-0.2, 0) is 11.3 Å². The zero-order valence-corrected chi connectivity index (χ0v) is 11.8. The molecule has 0 fully saturated rings. The SMILES string of the molecule is CCOC(=O)c1cn(CC)c2nc3ccoc3cc2c1=O. The number of nitrogens with zero attached hydrogens (tertiary/aromatic N) is 2. The third-order valence-corrected chi connectivity index (χ3v) is 3.30. The second-order valence-electron chi connectivity index (χ2n) is 4.54. The van der Waals surface area contributed by atoms with E-state index in [1.807, 2.05) is 6.92 Å². The molecule has 0 aliphatic carbocycles. The summed E-state index contributed by atoms with van der Waals surface area (Å²) < 4.78 is 12.0. The van der Waals surface area contributed by atoms with E-state index in [0.717, 1.165) is 0 Å². The van der Waals surface area contributed by atoms with Crippen molar-refractivity contribution in [2.75, 3.05) is 6.61 Å². The summed E-state index contributed by atoms with van der Waals surface area (Å²) in [6.07, 6.45) is 3.02. The Morgan fingerprint density at radius 1 is 1.43 bits per heavy atom. The number of hydrogen-bond donors (Lipinski definition) is 0. The molecule has 0 atom stereocenters. The van der Waals surface area contributed by atoms with Gasteiger partial charge in [-0.05, 0) is 19.9 Å². The molecule has 3 aromatic rings. The average Bonchev–Trinajstić information content (AvgIpc) is 2.93. The standard InChI is InChI=1S/C15H14N2O4/c1-3-17-8-10(15(19)20-4-2)13(18)9-7-12-11(5-6-21-12)16-14(9)17/h5-8H,3-4H2,1-2H3. The molecule has 0 aliphatic heterocycles. The van der Waals surface area contributed by atoms with Crippen LogP contribution in [0.3, 0.4) is 0 Å². The zero-order valence-electron chi connectivity index (χ0n) is 11.8. The number of ether oxygens (including phenoxy) is 1. The van der Waals surface area contributed by atoms with Crippen LogP contribution in [0.25, 0.3) is 22.1 Å². The number of rotatable bonds is 3. The van der Waals surface area contributed by atoms with E-state index in [2.05, 4.69) is 4.98 Å². The minimum Gasteiger partial charge on any atom is -0.463 e. The lowest BCUT2D eigenvalue weighted by atomic mass is 10.2. The molecule has 0 unspecified atom stereocenters. The van der Waals surface area contributed by atoms with E-state index in [-0.39, 0.29) is 17.6 Å². The normalized spacial score (nSPS) is 11.1. The third kappa shape index (κ3) is 2.08. The molecular formula is C15H14N2O4. The van der Waals surface area contributed by atoms with Crippen molar-refractivity contribution >= 4 is 28.1 Å². The van der Waals surface area contributed by atoms with Crippen LogP contribution in [0.2, 0.25) is 0 Å². The Morgan fingerprint density at radius 2 is 2.24 bits per heavy atom. The highest BCUT2D eigenvalue weighted by molar-refractivity contribution is 5.95. The van der Waals surface area contributed by atoms with Crippen LogP contribution in [0.15, 0.2) is 33.8 Å². The minimum absolute atomic E-state index is 0.0129. The van der Waals surface area contributed by atoms with E-state index in [1.54, 1.807) is 23.6 Å². The van der Waals surface area contributed by atoms with Gasteiger partial charge in [-0.15, -0.1) is 0 Å². The molecule has 0 aliphatic rings. The van der Waals surface area contributed by atoms with Crippen molar-refractivity contribution in [2.45, 2.75) is 20.4 Å². The van der Waals surface area contributed by atoms with Gasteiger partial charge in [-0.3, -0.25) is 4.79 Å². The fourth-order valence-corrected chi connectivity index (χ4v) is 2.29. The number of carbonyl (C=O) groups excluding carboxylic acids is 1. The molecule has 0 bridgehead atoms. The molecule has 0 saturated carbocycles. The lowest BCUT2D eigenvalue weighted by Crippen LogP contribution is -2.21. The van der Waals surface area contributed by atoms with Crippen LogP contribution in [0, 0.1) is 0 Å². The van der Waals surface area contributed by atoms with Crippen LogP contribution in [0.1, 0.15) is 24.2 Å². The first-order valence-corrected chi connectivity index (χ1v) is 6.74. The maximum Gasteiger partial charge on any atom is 0.343 e. The maximum absolute atomic E-state index is 12.5. The predicted molar refractivity (Wildman–Crippen MR) is 77.4 cm³/mol. The van der Waals surface area contributed by atoms with Crippen molar-refractivity contribution in [1.82, 2.24) is 9.55 Å². The Kier molecular flexibility index (Phi) is 3.21. The first-order chi connectivity index (χ1) is 10.2. The van der Waals surface area contributed by atoms with Crippen LogP contribution >= 0.6 is 0 Å². The topological polar surface area (TPSA) is 74.3 Å². The number of hydrogen-bond acceptors (Lipinski definition) is 5. The van der Waals surface area contributed by atoms with Crippen molar-refractivity contribution in [1.29, 1.82) is 0 Å². The summed E-state index contributed by atoms with van der Waals surface area (Å²) in [5.41, 5.74) is 1.35. The molecule has 6 heteroatoms. The summed E-state index contributed by atoms with van der Waals surface area (Å²) >= 11 is 0. The Hall–Kier alpha value is -2.63. The fourth-order valence-electron chi connectivity index (χ4n) is 2.29. The molecular weight excluding hydrogens is 272 g/mol. The number of carbonyl (C=O) groups is 1. The highest BCUT2D eigenvalue weighted by Gasteiger charge is 2.17. The second kappa shape index (κ2) is 5.05. The van der Waals surface area contributed by atoms with Crippen molar-refractivity contribution < 1.29 is 13.9 Å². The molecule has 108 valence electrons. The first-order valence-electron chi connectivity index (χ1n) is 6.74. The lowest BCUT2D eigenvalue weighted by Gasteiger charge is -2.10. The number of fused-ring (bicyclic) bond motifs is 2. The summed E-state index contributed by atoms with van der Waals surface area (Å²) in [6, 6.07) is 3.35. The van der Waals surface area contributed by atoms with Gasteiger partial charge in [0.25, 0.3) is 0 Å². The van der Waals surface area contributed by atoms with Gasteiger partial charge in [-0.2, -0.15) is 0 Å². The second-order valence-corrected chi connectivity index (χ2v) is 4.54. The van der Waals surface area contributed by atoms with E-state index in [0.29, 0.717) is 28.7 Å². The van der Waals surface area contributed by atoms with Crippen molar-refractivity contribution in [3.05, 3.63) is 40.4 Å². The van der Waals surface area contributed by atoms with E-state index < -0.39 is 5.97 Å². The third-order valence-electron chi connectivity index (χ3n) is 3.30. The van der Waals surface area contributed by atoms with Gasteiger partial charge < -0.3 is 13.7 Å². The molecule has 0 spiro atoms. The molecule has 3 rings (SSSR count). The van der Waals surface area contributed by atoms with E-state index in [1.165, 1.54) is 12.5 Å². The summed E-state index contributed by atoms with van der Waals surface area (Å²) in [4.78, 5) is 28.8. The molecule has 0 radical (unpaired) electrons. The number of pyridine rings is 2. The Labute approximate surface area is 119 Å². The van der Waals surface area contributed by atoms with Gasteiger partial charge in [0, 0.05) is 18.8 Å². The smallest absolute Gasteiger partial charge is 0.343 e. The van der Waals surface area contributed by atoms with Gasteiger partial charge in [0.15, 0.2) is 5.58 Å². The number of aryl methyl sites for hydroxylation is 1. The Bertz CT molecular complexity index is 892. The number of aromatic nitrogens is 2. The van der Waals surface area contributed by atoms with Gasteiger partial charge in [0.2, 0.25) is 5.43 Å². The van der Waals surface area contributed by atoms with Crippen LogP contribution < -0.4 is 5.43 Å². The monoisotopic (exact) mass is 286 g/mol. The molecule has 0 aromatic carbocycles. The van der Waals surface area contributed by atoms with Crippen LogP contribution in [0.5, 0.6) is 0 Å². The largest absolute Gasteiger partial charge is 0.463 e. The Morgan fingerprint density at radius 3 is 2.95 bits per heavy atom. The van der Waals surface area contributed by atoms with Crippen molar-refractivity contribution in [2.24, 2.45) is 0 Å². The quantitative estimate of drug-likeness (QED) is 0.691. The van der Waals surface area contributed by atoms with Gasteiger partial charge in [0.05, 0.1) is 18.3 Å². The van der Waals surface area contributed by atoms with E-state index >= 15 is 0 Å². The maximum atomic E-state index is 12.5. The summed E-state index contributed by atoms with van der Waals surface area (Å²) in [5.74, 6) is -0.619. The van der Waals surface area contributed by atoms with Crippen molar-refractivity contribution in [3.8, 4) is 0 Å². The Balaban J connectivity index is 2.37. The lowest BCUT2D eigenvalue weighted by molar-refractivity contribution is 0.0524. The molecule has 3 heterocycles. The molecule has 3 aromatic heterocycles. The first kappa shape index (κ1) is 13.4. The molecule has 0 N–H and O–H groups in total. The van der Waals surface area contributed by atoms with Gasteiger partial charge in [-0.25, -0.2) is 9.78 Å². The molecule has 0 saturated heterocycles. The molecule has 0 amide bonds. The van der Waals surface area contributed by atoms with Crippen LogP contribution in [-0.4, -0.2) is 22.1 Å². The predicted octanol–water partition coefficient (Wildman–Crippen LogP) is 2.34. The average molecular weight is 286 g/mol. The van der Waals surface area contributed by atoms with E-state index in [4.69, 9.17) is 9.15 Å². The van der Waals surface area contributed by atoms with Gasteiger partial charge in [0.1, 0.15) is 16.7 Å². The van der Waals surface area contributed by atoms with Crippen molar-refractivity contribution in [3.63, 3.8) is 0 Å². The summed E-state index contributed by atoms with van der Waals surface area (Å²) in [6.45, 7) is 4.42. The summed E-state index contributed by atoms with van der Waals surface area (Å²) in [7, 11) is 0. The minimum atomic E-state index is -0.619. The van der Waals surface area contributed by atoms with E-state index in [9.17, 15) is 9.59 Å². The van der Waals surface area contributed by atoms with Gasteiger partial charge in [-0.1, -0.05) is 0 Å². The van der Waals surface area contributed by atoms with Gasteiger partial charge >= 0.3 is 5.97 Å². The molecule has 21 heavy (non-hydrogen) atoms. The summed E-state index contributed by atoms with van der Waals surface area (Å²) in [5, 5.41) is 0.352. The zero-order chi connectivity index (χ0) is 15.0.